The Labute approximate surface area is 118 Å². The Balaban J connectivity index is 2.21. The average molecular weight is 260 g/mol. The molecule has 0 spiro atoms. The number of hydrogen-bond donors (Lipinski definition) is 1. The van der Waals surface area contributed by atoms with Crippen LogP contribution in [0.5, 0.6) is 0 Å². The molecule has 2 heteroatoms. The van der Waals surface area contributed by atoms with Crippen molar-refractivity contribution in [2.75, 3.05) is 24.5 Å². The molecule has 0 radical (unpaired) electrons. The first-order valence-corrected chi connectivity index (χ1v) is 7.57. The van der Waals surface area contributed by atoms with Crippen molar-refractivity contribution in [2.45, 2.75) is 45.4 Å². The number of para-hydroxylation sites is 1. The maximum Gasteiger partial charge on any atom is 0.0404 e. The van der Waals surface area contributed by atoms with Crippen LogP contribution in [0.25, 0.3) is 0 Å². The Morgan fingerprint density at radius 1 is 1.26 bits per heavy atom. The lowest BCUT2D eigenvalue weighted by molar-refractivity contribution is 0.394. The van der Waals surface area contributed by atoms with Crippen molar-refractivity contribution in [1.82, 2.24) is 0 Å². The number of nitrogens with zero attached hydrogens (tertiary/aromatic N) is 1. The molecule has 1 fully saturated rings. The van der Waals surface area contributed by atoms with Gasteiger partial charge in [-0.25, -0.2) is 0 Å². The van der Waals surface area contributed by atoms with Crippen LogP contribution < -0.4 is 10.6 Å². The second-order valence-electron chi connectivity index (χ2n) is 6.80. The number of hydrogen-bond acceptors (Lipinski definition) is 2. The van der Waals surface area contributed by atoms with E-state index in [4.69, 9.17) is 5.73 Å². The third-order valence-electron chi connectivity index (χ3n) is 4.15. The molecular weight excluding hydrogens is 232 g/mol. The summed E-state index contributed by atoms with van der Waals surface area (Å²) in [4.78, 5) is 2.57. The van der Waals surface area contributed by atoms with Gasteiger partial charge in [0.05, 0.1) is 0 Å². The fourth-order valence-corrected chi connectivity index (χ4v) is 3.14. The lowest BCUT2D eigenvalue weighted by atomic mass is 9.84. The zero-order valence-corrected chi connectivity index (χ0v) is 12.7. The number of benzene rings is 1. The van der Waals surface area contributed by atoms with E-state index in [-0.39, 0.29) is 5.41 Å². The number of rotatable bonds is 3. The summed E-state index contributed by atoms with van der Waals surface area (Å²) in [6.45, 7) is 10.1. The van der Waals surface area contributed by atoms with Crippen LogP contribution in [-0.2, 0) is 5.41 Å². The summed E-state index contributed by atoms with van der Waals surface area (Å²) in [5.74, 6) is 0.770. The van der Waals surface area contributed by atoms with E-state index >= 15 is 0 Å². The van der Waals surface area contributed by atoms with Gasteiger partial charge in [0, 0.05) is 18.8 Å². The molecule has 1 unspecified atom stereocenters. The van der Waals surface area contributed by atoms with Gasteiger partial charge < -0.3 is 10.6 Å². The van der Waals surface area contributed by atoms with Gasteiger partial charge in [0.2, 0.25) is 0 Å². The van der Waals surface area contributed by atoms with Gasteiger partial charge in [0.25, 0.3) is 0 Å². The highest BCUT2D eigenvalue weighted by molar-refractivity contribution is 5.56. The second kappa shape index (κ2) is 5.96. The smallest absolute Gasteiger partial charge is 0.0404 e. The highest BCUT2D eigenvalue weighted by atomic mass is 15.1. The molecule has 0 bridgehead atoms. The van der Waals surface area contributed by atoms with E-state index in [1.54, 1.807) is 0 Å². The van der Waals surface area contributed by atoms with Crippen LogP contribution in [0, 0.1) is 5.92 Å². The predicted molar refractivity (Wildman–Crippen MR) is 83.8 cm³/mol. The van der Waals surface area contributed by atoms with E-state index in [0.717, 1.165) is 18.9 Å². The molecule has 1 atom stereocenters. The fraction of sp³-hybridized carbons (Fsp3) is 0.647. The Hall–Kier alpha value is -1.02. The largest absolute Gasteiger partial charge is 0.371 e. The number of piperidine rings is 1. The third-order valence-corrected chi connectivity index (χ3v) is 4.15. The summed E-state index contributed by atoms with van der Waals surface area (Å²) < 4.78 is 0. The SMILES string of the molecule is CC(C)(C)c1ccccc1N1CCCC(CCN)C1. The first kappa shape index (κ1) is 14.4. The third kappa shape index (κ3) is 3.50. The summed E-state index contributed by atoms with van der Waals surface area (Å²) in [5.41, 5.74) is 8.82. The molecule has 1 saturated heterocycles. The Bertz CT molecular complexity index is 404. The molecule has 1 aliphatic heterocycles. The van der Waals surface area contributed by atoms with Crippen molar-refractivity contribution in [3.05, 3.63) is 29.8 Å². The van der Waals surface area contributed by atoms with E-state index in [9.17, 15) is 0 Å². The summed E-state index contributed by atoms with van der Waals surface area (Å²) in [6.07, 6.45) is 3.79. The van der Waals surface area contributed by atoms with Crippen molar-refractivity contribution in [2.24, 2.45) is 11.7 Å². The zero-order valence-electron chi connectivity index (χ0n) is 12.7. The highest BCUT2D eigenvalue weighted by Crippen LogP contribution is 2.34. The van der Waals surface area contributed by atoms with Crippen LogP contribution in [0.4, 0.5) is 5.69 Å². The molecule has 106 valence electrons. The minimum atomic E-state index is 0.206. The molecule has 1 heterocycles. The molecule has 0 saturated carbocycles. The van der Waals surface area contributed by atoms with Gasteiger partial charge in [-0.2, -0.15) is 0 Å². The average Bonchev–Trinajstić information content (AvgIpc) is 2.38. The Kier molecular flexibility index (Phi) is 4.51. The number of nitrogens with two attached hydrogens (primary N) is 1. The summed E-state index contributed by atoms with van der Waals surface area (Å²) in [6, 6.07) is 8.88. The van der Waals surface area contributed by atoms with E-state index in [1.807, 2.05) is 0 Å². The lowest BCUT2D eigenvalue weighted by Crippen LogP contribution is -2.37. The molecule has 0 aromatic heterocycles. The molecule has 0 aliphatic carbocycles. The molecule has 1 aromatic carbocycles. The van der Waals surface area contributed by atoms with Crippen LogP contribution in [0.1, 0.15) is 45.6 Å². The van der Waals surface area contributed by atoms with Gasteiger partial charge in [-0.3, -0.25) is 0 Å². The van der Waals surface area contributed by atoms with E-state index in [1.165, 1.54) is 37.2 Å². The van der Waals surface area contributed by atoms with Crippen molar-refractivity contribution >= 4 is 5.69 Å². The molecule has 2 N–H and O–H groups in total. The van der Waals surface area contributed by atoms with Gasteiger partial charge in [-0.15, -0.1) is 0 Å². The summed E-state index contributed by atoms with van der Waals surface area (Å²) >= 11 is 0. The van der Waals surface area contributed by atoms with E-state index in [2.05, 4.69) is 49.9 Å². The normalized spacial score (nSPS) is 20.6. The van der Waals surface area contributed by atoms with Gasteiger partial charge >= 0.3 is 0 Å². The number of anilines is 1. The molecule has 2 rings (SSSR count). The van der Waals surface area contributed by atoms with Crippen LogP contribution in [0.2, 0.25) is 0 Å². The van der Waals surface area contributed by atoms with E-state index in [0.29, 0.717) is 0 Å². The van der Waals surface area contributed by atoms with Crippen molar-refractivity contribution in [3.63, 3.8) is 0 Å². The van der Waals surface area contributed by atoms with Crippen molar-refractivity contribution in [1.29, 1.82) is 0 Å². The molecule has 19 heavy (non-hydrogen) atoms. The molecule has 0 amide bonds. The topological polar surface area (TPSA) is 29.3 Å². The van der Waals surface area contributed by atoms with Crippen molar-refractivity contribution in [3.8, 4) is 0 Å². The maximum atomic E-state index is 5.72. The second-order valence-corrected chi connectivity index (χ2v) is 6.80. The van der Waals surface area contributed by atoms with Gasteiger partial charge in [-0.1, -0.05) is 39.0 Å². The molecule has 1 aromatic rings. The van der Waals surface area contributed by atoms with E-state index < -0.39 is 0 Å². The lowest BCUT2D eigenvalue weighted by Gasteiger charge is -2.37. The summed E-state index contributed by atoms with van der Waals surface area (Å²) in [7, 11) is 0. The zero-order chi connectivity index (χ0) is 13.9. The molecule has 1 aliphatic rings. The van der Waals surface area contributed by atoms with Crippen LogP contribution in [0.3, 0.4) is 0 Å². The molecule has 2 nitrogen and oxygen atoms in total. The minimum absolute atomic E-state index is 0.206. The van der Waals surface area contributed by atoms with Crippen LogP contribution in [-0.4, -0.2) is 19.6 Å². The first-order valence-electron chi connectivity index (χ1n) is 7.57. The summed E-state index contributed by atoms with van der Waals surface area (Å²) in [5, 5.41) is 0. The Morgan fingerprint density at radius 2 is 2.00 bits per heavy atom. The van der Waals surface area contributed by atoms with Crippen molar-refractivity contribution < 1.29 is 0 Å². The molecular formula is C17H28N2. The minimum Gasteiger partial charge on any atom is -0.371 e. The van der Waals surface area contributed by atoms with Gasteiger partial charge in [0.1, 0.15) is 0 Å². The maximum absolute atomic E-state index is 5.72. The monoisotopic (exact) mass is 260 g/mol. The quantitative estimate of drug-likeness (QED) is 0.900. The standard InChI is InChI=1S/C17H28N2/c1-17(2,3)15-8-4-5-9-16(15)19-12-6-7-14(13-19)10-11-18/h4-5,8-9,14H,6-7,10-13,18H2,1-3H3. The van der Waals surface area contributed by atoms with Gasteiger partial charge in [0.15, 0.2) is 0 Å². The van der Waals surface area contributed by atoms with Crippen LogP contribution >= 0.6 is 0 Å². The van der Waals surface area contributed by atoms with Crippen LogP contribution in [0.15, 0.2) is 24.3 Å². The first-order chi connectivity index (χ1) is 9.02. The van der Waals surface area contributed by atoms with Gasteiger partial charge in [-0.05, 0) is 48.8 Å². The fourth-order valence-electron chi connectivity index (χ4n) is 3.14. The Morgan fingerprint density at radius 3 is 2.68 bits per heavy atom. The predicted octanol–water partition coefficient (Wildman–Crippen LogP) is 3.55. The highest BCUT2D eigenvalue weighted by Gasteiger charge is 2.24.